The summed E-state index contributed by atoms with van der Waals surface area (Å²) in [7, 11) is 1.55. The molecule has 1 atom stereocenters. The first-order chi connectivity index (χ1) is 18.9. The van der Waals surface area contributed by atoms with Crippen molar-refractivity contribution in [1.29, 1.82) is 0 Å². The SMILES string of the molecule is COc1cc(NC(C(=O)N2CCc3cc(F)c(C)cc32)c2ccc(Cl)cc2OCCO)cc(-n2cncn2)c1. The lowest BCUT2D eigenvalue weighted by Crippen LogP contribution is -2.37. The zero-order valence-electron chi connectivity index (χ0n) is 21.4. The summed E-state index contributed by atoms with van der Waals surface area (Å²) in [6.45, 7) is 1.89. The summed E-state index contributed by atoms with van der Waals surface area (Å²) in [6, 6.07) is 12.6. The van der Waals surface area contributed by atoms with Crippen molar-refractivity contribution in [2.45, 2.75) is 19.4 Å². The van der Waals surface area contributed by atoms with Crippen LogP contribution in [0.15, 0.2) is 61.2 Å². The fraction of sp³-hybridized carbons (Fsp3) is 0.250. The van der Waals surface area contributed by atoms with E-state index in [1.165, 1.54) is 12.4 Å². The molecule has 2 N–H and O–H groups in total. The minimum atomic E-state index is -0.928. The summed E-state index contributed by atoms with van der Waals surface area (Å²) in [5.41, 5.74) is 3.68. The normalized spacial score (nSPS) is 13.2. The van der Waals surface area contributed by atoms with Gasteiger partial charge in [-0.1, -0.05) is 17.7 Å². The van der Waals surface area contributed by atoms with Gasteiger partial charge in [-0.15, -0.1) is 0 Å². The van der Waals surface area contributed by atoms with E-state index in [2.05, 4.69) is 15.4 Å². The molecule has 1 unspecified atom stereocenters. The number of ether oxygens (including phenoxy) is 2. The van der Waals surface area contributed by atoms with Gasteiger partial charge in [-0.2, -0.15) is 5.10 Å². The van der Waals surface area contributed by atoms with E-state index in [0.29, 0.717) is 57.7 Å². The number of hydrogen-bond donors (Lipinski definition) is 2. The predicted octanol–water partition coefficient (Wildman–Crippen LogP) is 4.49. The second-order valence-electron chi connectivity index (χ2n) is 9.06. The molecule has 0 fully saturated rings. The van der Waals surface area contributed by atoms with Gasteiger partial charge in [0.25, 0.3) is 5.91 Å². The lowest BCUT2D eigenvalue weighted by Gasteiger charge is -2.28. The molecule has 11 heteroatoms. The maximum Gasteiger partial charge on any atom is 0.254 e. The topological polar surface area (TPSA) is 102 Å². The van der Waals surface area contributed by atoms with Crippen LogP contribution < -0.4 is 19.7 Å². The highest BCUT2D eigenvalue weighted by molar-refractivity contribution is 6.30. The Morgan fingerprint density at radius 2 is 2.08 bits per heavy atom. The number of aromatic nitrogens is 3. The molecule has 1 aromatic heterocycles. The Morgan fingerprint density at radius 3 is 2.82 bits per heavy atom. The molecule has 1 aliphatic rings. The van der Waals surface area contributed by atoms with E-state index in [0.717, 1.165) is 5.56 Å². The third kappa shape index (κ3) is 5.52. The number of hydrogen-bond acceptors (Lipinski definition) is 7. The van der Waals surface area contributed by atoms with Crippen molar-refractivity contribution in [2.24, 2.45) is 0 Å². The number of aryl methyl sites for hydroxylation is 1. The maximum absolute atomic E-state index is 14.3. The summed E-state index contributed by atoms with van der Waals surface area (Å²) in [5, 5.41) is 17.3. The summed E-state index contributed by atoms with van der Waals surface area (Å²) in [6.07, 6.45) is 3.52. The molecule has 4 aromatic rings. The standard InChI is InChI=1S/C28H27ClFN5O4/c1-17-9-25-18(10-24(17)30)5-6-34(25)28(37)27(23-4-3-19(29)11-26(23)39-8-7-36)33-20-12-21(14-22(13-20)38-2)35-16-31-15-32-35/h3-4,9-16,27,33,36H,5-8H2,1-2H3. The first kappa shape index (κ1) is 26.5. The fourth-order valence-corrected chi connectivity index (χ4v) is 4.78. The Balaban J connectivity index is 1.59. The number of amides is 1. The molecule has 3 aromatic carbocycles. The first-order valence-electron chi connectivity index (χ1n) is 12.3. The highest BCUT2D eigenvalue weighted by atomic mass is 35.5. The zero-order chi connectivity index (χ0) is 27.5. The number of benzene rings is 3. The molecule has 39 heavy (non-hydrogen) atoms. The average molecular weight is 552 g/mol. The van der Waals surface area contributed by atoms with Gasteiger partial charge in [0, 0.05) is 40.6 Å². The Labute approximate surface area is 229 Å². The van der Waals surface area contributed by atoms with Crippen LogP contribution in [0.1, 0.15) is 22.7 Å². The molecule has 5 rings (SSSR count). The highest BCUT2D eigenvalue weighted by Crippen LogP contribution is 2.37. The zero-order valence-corrected chi connectivity index (χ0v) is 22.2. The number of nitrogens with zero attached hydrogens (tertiary/aromatic N) is 4. The van der Waals surface area contributed by atoms with Crippen molar-refractivity contribution >= 4 is 28.9 Å². The molecule has 0 saturated heterocycles. The Morgan fingerprint density at radius 1 is 1.23 bits per heavy atom. The van der Waals surface area contributed by atoms with Gasteiger partial charge in [0.15, 0.2) is 0 Å². The average Bonchev–Trinajstić information content (AvgIpc) is 3.61. The molecule has 9 nitrogen and oxygen atoms in total. The number of carbonyl (C=O) groups excluding carboxylic acids is 1. The monoisotopic (exact) mass is 551 g/mol. The van der Waals surface area contributed by atoms with Crippen LogP contribution in [0.4, 0.5) is 15.8 Å². The van der Waals surface area contributed by atoms with Crippen LogP contribution in [-0.2, 0) is 11.2 Å². The fourth-order valence-electron chi connectivity index (χ4n) is 4.62. The van der Waals surface area contributed by atoms with Crippen LogP contribution in [0.5, 0.6) is 11.5 Å². The molecule has 0 spiro atoms. The van der Waals surface area contributed by atoms with E-state index in [9.17, 15) is 14.3 Å². The van der Waals surface area contributed by atoms with Crippen LogP contribution in [0, 0.1) is 12.7 Å². The minimum absolute atomic E-state index is 0.0227. The minimum Gasteiger partial charge on any atom is -0.497 e. The second kappa shape index (κ2) is 11.3. The number of aliphatic hydroxyl groups is 1. The number of rotatable bonds is 9. The van der Waals surface area contributed by atoms with Crippen LogP contribution in [-0.4, -0.2) is 52.6 Å². The third-order valence-electron chi connectivity index (χ3n) is 6.53. The molecule has 1 aliphatic heterocycles. The molecule has 1 amide bonds. The van der Waals surface area contributed by atoms with Crippen LogP contribution in [0.25, 0.3) is 5.69 Å². The van der Waals surface area contributed by atoms with Crippen molar-refractivity contribution in [3.05, 3.63) is 88.7 Å². The van der Waals surface area contributed by atoms with Gasteiger partial charge in [-0.05, 0) is 54.8 Å². The summed E-state index contributed by atoms with van der Waals surface area (Å²) in [5.74, 6) is 0.340. The van der Waals surface area contributed by atoms with Gasteiger partial charge in [0.2, 0.25) is 0 Å². The molecule has 2 heterocycles. The first-order valence-corrected chi connectivity index (χ1v) is 12.7. The van der Waals surface area contributed by atoms with Gasteiger partial charge < -0.3 is 24.8 Å². The molecular formula is C28H27ClFN5O4. The van der Waals surface area contributed by atoms with Crippen molar-refractivity contribution < 1.29 is 23.8 Å². The van der Waals surface area contributed by atoms with Crippen molar-refractivity contribution in [2.75, 3.05) is 37.1 Å². The Bertz CT molecular complexity index is 1500. The Hall–Kier alpha value is -4.15. The Kier molecular flexibility index (Phi) is 7.67. The molecule has 0 bridgehead atoms. The lowest BCUT2D eigenvalue weighted by atomic mass is 10.0. The predicted molar refractivity (Wildman–Crippen MR) is 146 cm³/mol. The van der Waals surface area contributed by atoms with Crippen LogP contribution in [0.2, 0.25) is 5.02 Å². The molecular weight excluding hydrogens is 525 g/mol. The van der Waals surface area contributed by atoms with Gasteiger partial charge in [0.1, 0.15) is 42.6 Å². The number of carbonyl (C=O) groups is 1. The van der Waals surface area contributed by atoms with E-state index in [1.54, 1.807) is 66.3 Å². The van der Waals surface area contributed by atoms with Gasteiger partial charge in [0.05, 0.1) is 19.4 Å². The number of methoxy groups -OCH3 is 1. The van der Waals surface area contributed by atoms with Gasteiger partial charge in [-0.25, -0.2) is 14.1 Å². The van der Waals surface area contributed by atoms with Gasteiger partial charge >= 0.3 is 0 Å². The molecule has 202 valence electrons. The summed E-state index contributed by atoms with van der Waals surface area (Å²) in [4.78, 5) is 19.9. The summed E-state index contributed by atoms with van der Waals surface area (Å²) >= 11 is 6.26. The lowest BCUT2D eigenvalue weighted by molar-refractivity contribution is -0.119. The number of nitrogens with one attached hydrogen (secondary N) is 1. The van der Waals surface area contributed by atoms with E-state index in [4.69, 9.17) is 21.1 Å². The van der Waals surface area contributed by atoms with E-state index in [-0.39, 0.29) is 24.9 Å². The summed E-state index contributed by atoms with van der Waals surface area (Å²) < 4.78 is 27.1. The molecule has 0 radical (unpaired) electrons. The number of aliphatic hydroxyl groups excluding tert-OH is 1. The smallest absolute Gasteiger partial charge is 0.254 e. The highest BCUT2D eigenvalue weighted by Gasteiger charge is 2.34. The second-order valence-corrected chi connectivity index (χ2v) is 9.50. The van der Waals surface area contributed by atoms with Gasteiger partial charge in [-0.3, -0.25) is 4.79 Å². The number of fused-ring (bicyclic) bond motifs is 1. The molecule has 0 aliphatic carbocycles. The van der Waals surface area contributed by atoms with E-state index < -0.39 is 6.04 Å². The third-order valence-corrected chi connectivity index (χ3v) is 6.76. The van der Waals surface area contributed by atoms with Crippen molar-refractivity contribution in [1.82, 2.24) is 14.8 Å². The van der Waals surface area contributed by atoms with Crippen LogP contribution in [0.3, 0.4) is 0 Å². The number of halogens is 2. The maximum atomic E-state index is 14.3. The van der Waals surface area contributed by atoms with E-state index >= 15 is 0 Å². The van der Waals surface area contributed by atoms with Crippen molar-refractivity contribution in [3.8, 4) is 17.2 Å². The quantitative estimate of drug-likeness (QED) is 0.316. The van der Waals surface area contributed by atoms with E-state index in [1.807, 2.05) is 6.07 Å². The number of anilines is 2. The van der Waals surface area contributed by atoms with Crippen LogP contribution >= 0.6 is 11.6 Å². The largest absolute Gasteiger partial charge is 0.497 e. The molecule has 0 saturated carbocycles. The van der Waals surface area contributed by atoms with Crippen molar-refractivity contribution in [3.63, 3.8) is 0 Å².